The van der Waals surface area contributed by atoms with E-state index in [1.165, 1.54) is 31.2 Å². The van der Waals surface area contributed by atoms with Crippen molar-refractivity contribution in [2.45, 2.75) is 25.7 Å². The van der Waals surface area contributed by atoms with Crippen LogP contribution in [0.5, 0.6) is 0 Å². The second-order valence-electron chi connectivity index (χ2n) is 2.90. The standard InChI is InChI=1S/C10H11.CH3.ClH.Mg/c1-2-6-10-8-4-3-7-9(10)5-1;;;/h1,5-6H,3-4,7-8H2;1H3;1H;/q2*-1;;+2. The molecule has 1 aromatic rings. The summed E-state index contributed by atoms with van der Waals surface area (Å²) in [4.78, 5) is 0. The first-order valence-electron chi connectivity index (χ1n) is 3.95. The molecule has 2 heteroatoms. The molecule has 0 bridgehead atoms. The van der Waals surface area contributed by atoms with Crippen LogP contribution in [0.15, 0.2) is 18.2 Å². The molecule has 13 heavy (non-hydrogen) atoms. The van der Waals surface area contributed by atoms with E-state index in [0.717, 1.165) is 0 Å². The Kier molecular flexibility index (Phi) is 9.27. The van der Waals surface area contributed by atoms with Gasteiger partial charge in [-0.15, -0.1) is 12.4 Å². The van der Waals surface area contributed by atoms with Gasteiger partial charge >= 0.3 is 23.1 Å². The van der Waals surface area contributed by atoms with Gasteiger partial charge in [0.15, 0.2) is 0 Å². The third-order valence-electron chi connectivity index (χ3n) is 2.19. The topological polar surface area (TPSA) is 0 Å². The van der Waals surface area contributed by atoms with Gasteiger partial charge in [0.05, 0.1) is 0 Å². The average molecular weight is 207 g/mol. The minimum Gasteiger partial charge on any atom is -0.358 e. The van der Waals surface area contributed by atoms with E-state index in [-0.39, 0.29) is 42.9 Å². The Morgan fingerprint density at radius 2 is 1.69 bits per heavy atom. The Labute approximate surface area is 104 Å². The van der Waals surface area contributed by atoms with Crippen molar-refractivity contribution < 1.29 is 0 Å². The Bertz CT molecular complexity index is 210. The van der Waals surface area contributed by atoms with Crippen molar-refractivity contribution in [3.63, 3.8) is 0 Å². The largest absolute Gasteiger partial charge is 2.00 e. The predicted octanol–water partition coefficient (Wildman–Crippen LogP) is 2.86. The molecule has 0 saturated carbocycles. The summed E-state index contributed by atoms with van der Waals surface area (Å²) < 4.78 is 0. The van der Waals surface area contributed by atoms with Gasteiger partial charge in [0, 0.05) is 0 Å². The van der Waals surface area contributed by atoms with E-state index < -0.39 is 0 Å². The second kappa shape index (κ2) is 7.66. The van der Waals surface area contributed by atoms with Crippen LogP contribution in [0.4, 0.5) is 0 Å². The van der Waals surface area contributed by atoms with E-state index in [0.29, 0.717) is 0 Å². The minimum absolute atomic E-state index is 0. The molecule has 2 rings (SSSR count). The van der Waals surface area contributed by atoms with Crippen molar-refractivity contribution in [1.29, 1.82) is 0 Å². The molecule has 1 aliphatic rings. The summed E-state index contributed by atoms with van der Waals surface area (Å²) in [6.07, 6.45) is 5.29. The van der Waals surface area contributed by atoms with Gasteiger partial charge in [-0.3, -0.25) is 0 Å². The molecule has 0 amide bonds. The number of aryl methyl sites for hydroxylation is 2. The number of hydrogen-bond donors (Lipinski definition) is 0. The molecule has 0 unspecified atom stereocenters. The fourth-order valence-electron chi connectivity index (χ4n) is 1.60. The Hall–Kier alpha value is 0.276. The van der Waals surface area contributed by atoms with Crippen LogP contribution < -0.4 is 0 Å². The fraction of sp³-hybridized carbons (Fsp3) is 0.364. The molecule has 68 valence electrons. The second-order valence-corrected chi connectivity index (χ2v) is 2.90. The van der Waals surface area contributed by atoms with Crippen LogP contribution in [0.25, 0.3) is 0 Å². The Balaban J connectivity index is 0. The average Bonchev–Trinajstić information content (AvgIpc) is 2.05. The SMILES string of the molecule is Cl.[CH3-].[Mg+2].[c-]1ccc2c(c1)CCCC2. The first-order valence-corrected chi connectivity index (χ1v) is 3.95. The molecule has 1 aliphatic carbocycles. The molecular formula is C11H15ClMg. The molecule has 0 atom stereocenters. The summed E-state index contributed by atoms with van der Waals surface area (Å²) >= 11 is 0. The maximum Gasteiger partial charge on any atom is 2.00 e. The van der Waals surface area contributed by atoms with Crippen LogP contribution in [-0.4, -0.2) is 23.1 Å². The van der Waals surface area contributed by atoms with Crippen LogP contribution in [-0.2, 0) is 12.8 Å². The van der Waals surface area contributed by atoms with Gasteiger partial charge in [0.25, 0.3) is 0 Å². The van der Waals surface area contributed by atoms with Gasteiger partial charge < -0.3 is 7.43 Å². The van der Waals surface area contributed by atoms with Crippen molar-refractivity contribution in [2.24, 2.45) is 0 Å². The molecule has 0 heterocycles. The van der Waals surface area contributed by atoms with Gasteiger partial charge in [-0.2, -0.15) is 35.4 Å². The van der Waals surface area contributed by atoms with E-state index >= 15 is 0 Å². The minimum atomic E-state index is 0. The number of benzene rings is 1. The molecule has 1 aromatic carbocycles. The molecule has 0 saturated heterocycles. The zero-order valence-electron chi connectivity index (χ0n) is 8.18. The summed E-state index contributed by atoms with van der Waals surface area (Å²) in [7, 11) is 0. The third kappa shape index (κ3) is 3.88. The monoisotopic (exact) mass is 206 g/mol. The summed E-state index contributed by atoms with van der Waals surface area (Å²) in [5.74, 6) is 0. The third-order valence-corrected chi connectivity index (χ3v) is 2.19. The molecule has 0 fully saturated rings. The maximum absolute atomic E-state index is 3.12. The quantitative estimate of drug-likeness (QED) is 0.453. The van der Waals surface area contributed by atoms with Crippen molar-refractivity contribution >= 4 is 35.5 Å². The van der Waals surface area contributed by atoms with E-state index in [1.807, 2.05) is 6.07 Å². The molecule has 0 aromatic heterocycles. The van der Waals surface area contributed by atoms with Crippen LogP contribution in [0.2, 0.25) is 0 Å². The van der Waals surface area contributed by atoms with Gasteiger partial charge in [0.1, 0.15) is 0 Å². The van der Waals surface area contributed by atoms with Crippen molar-refractivity contribution in [2.75, 3.05) is 0 Å². The van der Waals surface area contributed by atoms with E-state index in [2.05, 4.69) is 18.2 Å². The fourth-order valence-corrected chi connectivity index (χ4v) is 1.60. The molecular weight excluding hydrogens is 192 g/mol. The first-order chi connectivity index (χ1) is 4.97. The van der Waals surface area contributed by atoms with E-state index in [1.54, 1.807) is 5.56 Å². The number of rotatable bonds is 0. The molecule has 0 radical (unpaired) electrons. The van der Waals surface area contributed by atoms with Crippen LogP contribution >= 0.6 is 12.4 Å². The maximum atomic E-state index is 3.12. The Morgan fingerprint density at radius 3 is 2.31 bits per heavy atom. The molecule has 0 N–H and O–H groups in total. The van der Waals surface area contributed by atoms with Gasteiger partial charge in [-0.1, -0.05) is 25.7 Å². The Morgan fingerprint density at radius 1 is 1.08 bits per heavy atom. The van der Waals surface area contributed by atoms with Gasteiger partial charge in [0.2, 0.25) is 0 Å². The van der Waals surface area contributed by atoms with Gasteiger partial charge in [-0.25, -0.2) is 0 Å². The van der Waals surface area contributed by atoms with Crippen molar-refractivity contribution in [1.82, 2.24) is 0 Å². The smallest absolute Gasteiger partial charge is 0.358 e. The van der Waals surface area contributed by atoms with Crippen LogP contribution in [0.3, 0.4) is 0 Å². The van der Waals surface area contributed by atoms with Crippen LogP contribution in [0, 0.1) is 13.5 Å². The molecule has 0 spiro atoms. The summed E-state index contributed by atoms with van der Waals surface area (Å²) in [6, 6.07) is 9.47. The number of halogens is 1. The van der Waals surface area contributed by atoms with Gasteiger partial charge in [-0.05, 0) is 0 Å². The van der Waals surface area contributed by atoms with Crippen molar-refractivity contribution in [3.05, 3.63) is 42.8 Å². The van der Waals surface area contributed by atoms with Crippen molar-refractivity contribution in [3.8, 4) is 0 Å². The predicted molar refractivity (Wildman–Crippen MR) is 61.3 cm³/mol. The number of fused-ring (bicyclic) bond motifs is 1. The first kappa shape index (κ1) is 15.7. The summed E-state index contributed by atoms with van der Waals surface area (Å²) in [5.41, 5.74) is 3.07. The zero-order valence-corrected chi connectivity index (χ0v) is 10.4. The normalized spacial score (nSPS) is 12.6. The zero-order chi connectivity index (χ0) is 6.81. The van der Waals surface area contributed by atoms with E-state index in [9.17, 15) is 0 Å². The summed E-state index contributed by atoms with van der Waals surface area (Å²) in [5, 5.41) is 0. The summed E-state index contributed by atoms with van der Waals surface area (Å²) in [6.45, 7) is 0. The number of hydrogen-bond acceptors (Lipinski definition) is 0. The molecule has 0 aliphatic heterocycles. The van der Waals surface area contributed by atoms with E-state index in [4.69, 9.17) is 0 Å². The van der Waals surface area contributed by atoms with Crippen LogP contribution in [0.1, 0.15) is 24.0 Å². The molecule has 0 nitrogen and oxygen atoms in total.